The Bertz CT molecular complexity index is 1100. The second kappa shape index (κ2) is 8.37. The molecule has 1 fully saturated rings. The van der Waals surface area contributed by atoms with Gasteiger partial charge < -0.3 is 19.0 Å². The number of hydrogen-bond acceptors (Lipinski definition) is 7. The van der Waals surface area contributed by atoms with Gasteiger partial charge in [-0.2, -0.15) is 0 Å². The van der Waals surface area contributed by atoms with E-state index in [1.807, 2.05) is 4.90 Å². The SMILES string of the molecule is O=C(Cc1coc2cc3c(cc12)CCC3)OCC(=O)N1CCN(c2ncccn2)CC1. The van der Waals surface area contributed by atoms with Crippen molar-refractivity contribution in [3.05, 3.63) is 53.5 Å². The first-order valence-electron chi connectivity index (χ1n) is 10.6. The summed E-state index contributed by atoms with van der Waals surface area (Å²) < 4.78 is 10.9. The molecule has 1 saturated heterocycles. The quantitative estimate of drug-likeness (QED) is 0.584. The molecular formula is C23H24N4O4. The van der Waals surface area contributed by atoms with Crippen LogP contribution in [-0.4, -0.2) is 59.5 Å². The van der Waals surface area contributed by atoms with E-state index < -0.39 is 5.97 Å². The molecule has 5 rings (SSSR count). The molecule has 8 nitrogen and oxygen atoms in total. The number of nitrogens with zero attached hydrogens (tertiary/aromatic N) is 4. The molecule has 0 unspecified atom stereocenters. The van der Waals surface area contributed by atoms with E-state index >= 15 is 0 Å². The Kier molecular flexibility index (Phi) is 5.28. The fraction of sp³-hybridized carbons (Fsp3) is 0.391. The van der Waals surface area contributed by atoms with Gasteiger partial charge in [0, 0.05) is 49.5 Å². The number of piperazine rings is 1. The normalized spacial score (nSPS) is 15.9. The summed E-state index contributed by atoms with van der Waals surface area (Å²) in [5.41, 5.74) is 4.28. The predicted octanol–water partition coefficient (Wildman–Crippen LogP) is 2.15. The molecule has 3 heterocycles. The zero-order valence-electron chi connectivity index (χ0n) is 17.2. The highest BCUT2D eigenvalue weighted by molar-refractivity contribution is 5.88. The van der Waals surface area contributed by atoms with Gasteiger partial charge in [-0.3, -0.25) is 9.59 Å². The standard InChI is InChI=1S/C23H24N4O4/c28-21(26-7-9-27(10-8-26)23-24-5-2-6-25-23)15-31-22(29)13-18-14-30-20-12-17-4-1-3-16(17)11-19(18)20/h2,5-6,11-12,14H,1,3-4,7-10,13,15H2. The van der Waals surface area contributed by atoms with Gasteiger partial charge in [0.1, 0.15) is 5.58 Å². The highest BCUT2D eigenvalue weighted by Gasteiger charge is 2.24. The third kappa shape index (κ3) is 4.10. The number of amides is 1. The summed E-state index contributed by atoms with van der Waals surface area (Å²) in [6.45, 7) is 2.15. The number of aryl methyl sites for hydroxylation is 2. The van der Waals surface area contributed by atoms with Crippen LogP contribution < -0.4 is 4.90 Å². The van der Waals surface area contributed by atoms with Crippen LogP contribution in [0.15, 0.2) is 41.3 Å². The Balaban J connectivity index is 1.13. The number of esters is 1. The maximum Gasteiger partial charge on any atom is 0.310 e. The summed E-state index contributed by atoms with van der Waals surface area (Å²) in [6.07, 6.45) is 8.43. The number of aromatic nitrogens is 2. The molecule has 1 amide bonds. The van der Waals surface area contributed by atoms with Crippen LogP contribution in [-0.2, 0) is 33.6 Å². The molecule has 1 aromatic carbocycles. The highest BCUT2D eigenvalue weighted by atomic mass is 16.5. The van der Waals surface area contributed by atoms with Crippen LogP contribution in [0.25, 0.3) is 11.0 Å². The summed E-state index contributed by atoms with van der Waals surface area (Å²) in [5, 5.41) is 0.961. The van der Waals surface area contributed by atoms with Crippen molar-refractivity contribution in [2.24, 2.45) is 0 Å². The average Bonchev–Trinajstić information content (AvgIpc) is 3.43. The van der Waals surface area contributed by atoms with E-state index in [4.69, 9.17) is 9.15 Å². The van der Waals surface area contributed by atoms with Crippen molar-refractivity contribution in [1.82, 2.24) is 14.9 Å². The first-order valence-corrected chi connectivity index (χ1v) is 10.6. The van der Waals surface area contributed by atoms with Crippen LogP contribution in [0.5, 0.6) is 0 Å². The van der Waals surface area contributed by atoms with Crippen molar-refractivity contribution >= 4 is 28.8 Å². The Morgan fingerprint density at radius 1 is 1.03 bits per heavy atom. The molecule has 0 spiro atoms. The van der Waals surface area contributed by atoms with Gasteiger partial charge in [0.25, 0.3) is 5.91 Å². The Hall–Kier alpha value is -3.42. The minimum atomic E-state index is -0.423. The second-order valence-electron chi connectivity index (χ2n) is 7.99. The number of fused-ring (bicyclic) bond motifs is 2. The number of ether oxygens (including phenoxy) is 1. The van der Waals surface area contributed by atoms with Crippen molar-refractivity contribution in [3.8, 4) is 0 Å². The van der Waals surface area contributed by atoms with Gasteiger partial charge in [-0.1, -0.05) is 0 Å². The molecule has 0 bridgehead atoms. The van der Waals surface area contributed by atoms with Crippen molar-refractivity contribution in [1.29, 1.82) is 0 Å². The average molecular weight is 420 g/mol. The van der Waals surface area contributed by atoms with Gasteiger partial charge in [0.15, 0.2) is 6.61 Å². The first-order chi connectivity index (χ1) is 15.2. The van der Waals surface area contributed by atoms with E-state index in [1.165, 1.54) is 11.1 Å². The van der Waals surface area contributed by atoms with Gasteiger partial charge >= 0.3 is 5.97 Å². The van der Waals surface area contributed by atoms with Crippen molar-refractivity contribution < 1.29 is 18.7 Å². The van der Waals surface area contributed by atoms with Crippen LogP contribution in [0.4, 0.5) is 5.95 Å². The molecule has 2 aliphatic rings. The van der Waals surface area contributed by atoms with E-state index in [1.54, 1.807) is 29.6 Å². The summed E-state index contributed by atoms with van der Waals surface area (Å²) >= 11 is 0. The zero-order valence-corrected chi connectivity index (χ0v) is 17.2. The molecule has 8 heteroatoms. The van der Waals surface area contributed by atoms with E-state index in [-0.39, 0.29) is 18.9 Å². The number of carbonyl (C=O) groups excluding carboxylic acids is 2. The monoisotopic (exact) mass is 420 g/mol. The van der Waals surface area contributed by atoms with E-state index in [9.17, 15) is 9.59 Å². The van der Waals surface area contributed by atoms with Gasteiger partial charge in [0.05, 0.1) is 12.7 Å². The molecule has 31 heavy (non-hydrogen) atoms. The summed E-state index contributed by atoms with van der Waals surface area (Å²) in [5.74, 6) is 0.0590. The zero-order chi connectivity index (χ0) is 21.2. The van der Waals surface area contributed by atoms with Crippen molar-refractivity contribution in [3.63, 3.8) is 0 Å². The van der Waals surface area contributed by atoms with Crippen molar-refractivity contribution in [2.45, 2.75) is 25.7 Å². The minimum absolute atomic E-state index is 0.0954. The Morgan fingerprint density at radius 3 is 2.55 bits per heavy atom. The lowest BCUT2D eigenvalue weighted by molar-refractivity contribution is -0.151. The number of hydrogen-bond donors (Lipinski definition) is 0. The lowest BCUT2D eigenvalue weighted by atomic mass is 10.0. The summed E-state index contributed by atoms with van der Waals surface area (Å²) in [4.78, 5) is 37.1. The van der Waals surface area contributed by atoms with Crippen LogP contribution in [0.3, 0.4) is 0 Å². The van der Waals surface area contributed by atoms with Gasteiger partial charge in [0.2, 0.25) is 5.95 Å². The molecule has 1 aliphatic carbocycles. The topological polar surface area (TPSA) is 88.8 Å². The molecule has 0 radical (unpaired) electrons. The molecule has 2 aromatic heterocycles. The van der Waals surface area contributed by atoms with Crippen molar-refractivity contribution in [2.75, 3.05) is 37.7 Å². The first kappa shape index (κ1) is 19.5. The molecule has 0 saturated carbocycles. The highest BCUT2D eigenvalue weighted by Crippen LogP contribution is 2.30. The molecule has 3 aromatic rings. The Labute approximate surface area is 179 Å². The lowest BCUT2D eigenvalue weighted by Gasteiger charge is -2.34. The van der Waals surface area contributed by atoms with Gasteiger partial charge in [-0.15, -0.1) is 0 Å². The largest absolute Gasteiger partial charge is 0.464 e. The predicted molar refractivity (Wildman–Crippen MR) is 114 cm³/mol. The molecular weight excluding hydrogens is 396 g/mol. The van der Waals surface area contributed by atoms with Crippen LogP contribution in [0, 0.1) is 0 Å². The van der Waals surface area contributed by atoms with Gasteiger partial charge in [-0.05, 0) is 48.6 Å². The maximum absolute atomic E-state index is 12.5. The third-order valence-electron chi connectivity index (χ3n) is 6.03. The molecule has 0 atom stereocenters. The maximum atomic E-state index is 12.5. The van der Waals surface area contributed by atoms with Crippen LogP contribution in [0.2, 0.25) is 0 Å². The summed E-state index contributed by atoms with van der Waals surface area (Å²) in [7, 11) is 0. The Morgan fingerprint density at radius 2 is 1.77 bits per heavy atom. The summed E-state index contributed by atoms with van der Waals surface area (Å²) in [6, 6.07) is 5.98. The van der Waals surface area contributed by atoms with Gasteiger partial charge in [-0.25, -0.2) is 9.97 Å². The molecule has 160 valence electrons. The second-order valence-corrected chi connectivity index (χ2v) is 7.99. The fourth-order valence-corrected chi connectivity index (χ4v) is 4.34. The smallest absolute Gasteiger partial charge is 0.310 e. The lowest BCUT2D eigenvalue weighted by Crippen LogP contribution is -2.50. The molecule has 0 N–H and O–H groups in total. The number of rotatable bonds is 5. The van der Waals surface area contributed by atoms with Crippen LogP contribution >= 0.6 is 0 Å². The number of anilines is 1. The third-order valence-corrected chi connectivity index (χ3v) is 6.03. The number of furan rings is 1. The van der Waals surface area contributed by atoms with Crippen LogP contribution in [0.1, 0.15) is 23.1 Å². The van der Waals surface area contributed by atoms with E-state index in [2.05, 4.69) is 22.1 Å². The van der Waals surface area contributed by atoms with E-state index in [0.29, 0.717) is 32.1 Å². The number of benzene rings is 1. The number of carbonyl (C=O) groups is 2. The van der Waals surface area contributed by atoms with E-state index in [0.717, 1.165) is 35.8 Å². The minimum Gasteiger partial charge on any atom is -0.464 e. The molecule has 1 aliphatic heterocycles. The fourth-order valence-electron chi connectivity index (χ4n) is 4.34.